The predicted octanol–water partition coefficient (Wildman–Crippen LogP) is 4.46. The van der Waals surface area contributed by atoms with E-state index in [4.69, 9.17) is 14.6 Å². The largest absolute Gasteiger partial charge is 0.492 e. The first-order valence-corrected chi connectivity index (χ1v) is 13.1. The van der Waals surface area contributed by atoms with Crippen LogP contribution in [0.5, 0.6) is 11.6 Å². The normalized spacial score (nSPS) is 15.0. The van der Waals surface area contributed by atoms with E-state index < -0.39 is 5.82 Å². The maximum atomic E-state index is 14.7. The van der Waals surface area contributed by atoms with Gasteiger partial charge in [0.25, 0.3) is 0 Å². The molecule has 4 bridgehead atoms. The van der Waals surface area contributed by atoms with Crippen molar-refractivity contribution in [3.8, 4) is 34.3 Å². The summed E-state index contributed by atoms with van der Waals surface area (Å²) in [5.74, 6) is 2.33. The van der Waals surface area contributed by atoms with E-state index >= 15 is 0 Å². The summed E-state index contributed by atoms with van der Waals surface area (Å²) in [4.78, 5) is 15.7. The zero-order chi connectivity index (χ0) is 27.8. The molecule has 1 aromatic carbocycles. The van der Waals surface area contributed by atoms with Crippen LogP contribution in [-0.2, 0) is 7.05 Å². The Hall–Kier alpha value is -4.58. The molecule has 1 aliphatic rings. The Morgan fingerprint density at radius 2 is 2.02 bits per heavy atom. The Morgan fingerprint density at radius 1 is 1.15 bits per heavy atom. The number of aryl methyl sites for hydroxylation is 1. The molecular weight excluding hydrogens is 513 g/mol. The highest BCUT2D eigenvalue weighted by Crippen LogP contribution is 2.35. The lowest BCUT2D eigenvalue weighted by atomic mass is 10.1. The highest BCUT2D eigenvalue weighted by molar-refractivity contribution is 5.94. The fraction of sp³-hybridized carbons (Fsp3) is 0.321. The van der Waals surface area contributed by atoms with Crippen LogP contribution in [0.1, 0.15) is 19.4 Å². The highest BCUT2D eigenvalue weighted by Gasteiger charge is 2.21. The lowest BCUT2D eigenvalue weighted by Gasteiger charge is -2.16. The molecule has 6 rings (SSSR count). The SMILES string of the molecule is C[C@H]1CCOc2c(cnn2C)-c2nccc(n2)Nc2cc3c(cn2)c(-c2cc(F)cc(OCCN(C)C)c2)nn31. The number of rotatable bonds is 5. The minimum absolute atomic E-state index is 0.0374. The van der Waals surface area contributed by atoms with E-state index in [1.807, 2.05) is 42.9 Å². The zero-order valence-corrected chi connectivity index (χ0v) is 22.8. The second kappa shape index (κ2) is 10.5. The number of hydrogen-bond acceptors (Lipinski definition) is 9. The summed E-state index contributed by atoms with van der Waals surface area (Å²) in [5, 5.41) is 13.4. The van der Waals surface area contributed by atoms with Crippen LogP contribution in [0.25, 0.3) is 33.5 Å². The molecule has 12 heteroatoms. The Morgan fingerprint density at radius 3 is 2.88 bits per heavy atom. The van der Waals surface area contributed by atoms with Crippen molar-refractivity contribution in [1.82, 2.24) is 39.4 Å². The van der Waals surface area contributed by atoms with Crippen LogP contribution in [-0.4, -0.2) is 73.3 Å². The number of hydrogen-bond donors (Lipinski definition) is 1. The summed E-state index contributed by atoms with van der Waals surface area (Å²) in [7, 11) is 5.75. The third-order valence-corrected chi connectivity index (χ3v) is 6.77. The van der Waals surface area contributed by atoms with Gasteiger partial charge in [0.2, 0.25) is 5.88 Å². The number of ether oxygens (including phenoxy) is 2. The third-order valence-electron chi connectivity index (χ3n) is 6.77. The first-order chi connectivity index (χ1) is 19.4. The molecule has 0 amide bonds. The van der Waals surface area contributed by atoms with Crippen LogP contribution in [0.2, 0.25) is 0 Å². The summed E-state index contributed by atoms with van der Waals surface area (Å²) in [6.45, 7) is 3.67. The van der Waals surface area contributed by atoms with Crippen molar-refractivity contribution in [3.63, 3.8) is 0 Å². The second-order valence-electron chi connectivity index (χ2n) is 10.1. The fourth-order valence-corrected chi connectivity index (χ4v) is 4.67. The maximum Gasteiger partial charge on any atom is 0.222 e. The maximum absolute atomic E-state index is 14.7. The lowest BCUT2D eigenvalue weighted by Crippen LogP contribution is -2.19. The van der Waals surface area contributed by atoms with Crippen LogP contribution in [0.4, 0.5) is 16.0 Å². The molecular formula is C28H30FN9O2. The van der Waals surface area contributed by atoms with E-state index in [2.05, 4.69) is 32.3 Å². The van der Waals surface area contributed by atoms with Crippen LogP contribution < -0.4 is 14.8 Å². The summed E-state index contributed by atoms with van der Waals surface area (Å²) < 4.78 is 30.4. The number of aromatic nitrogens is 7. The quantitative estimate of drug-likeness (QED) is 0.344. The van der Waals surface area contributed by atoms with Gasteiger partial charge in [0.05, 0.1) is 24.4 Å². The van der Waals surface area contributed by atoms with Gasteiger partial charge in [-0.2, -0.15) is 10.2 Å². The van der Waals surface area contributed by atoms with E-state index in [1.54, 1.807) is 29.3 Å². The molecule has 0 spiro atoms. The third kappa shape index (κ3) is 5.05. The topological polar surface area (TPSA) is 108 Å². The molecule has 1 atom stereocenters. The fourth-order valence-electron chi connectivity index (χ4n) is 4.67. The minimum atomic E-state index is -0.391. The molecule has 0 unspecified atom stereocenters. The Balaban J connectivity index is 1.42. The second-order valence-corrected chi connectivity index (χ2v) is 10.1. The van der Waals surface area contributed by atoms with Gasteiger partial charge in [0.1, 0.15) is 41.1 Å². The van der Waals surface area contributed by atoms with Gasteiger partial charge in [-0.1, -0.05) is 0 Å². The number of nitrogens with one attached hydrogen (secondary N) is 1. The summed E-state index contributed by atoms with van der Waals surface area (Å²) >= 11 is 0. The van der Waals surface area contributed by atoms with E-state index in [9.17, 15) is 4.39 Å². The number of benzene rings is 1. The van der Waals surface area contributed by atoms with Gasteiger partial charge in [0.15, 0.2) is 5.82 Å². The average molecular weight is 544 g/mol. The van der Waals surface area contributed by atoms with Crippen molar-refractivity contribution in [3.05, 3.63) is 54.7 Å². The number of anilines is 2. The highest BCUT2D eigenvalue weighted by atomic mass is 19.1. The number of halogens is 1. The molecule has 0 saturated heterocycles. The average Bonchev–Trinajstić information content (AvgIpc) is 3.48. The van der Waals surface area contributed by atoms with E-state index in [0.717, 1.165) is 17.4 Å². The van der Waals surface area contributed by atoms with Crippen molar-refractivity contribution < 1.29 is 13.9 Å². The molecule has 11 nitrogen and oxygen atoms in total. The van der Waals surface area contributed by atoms with Gasteiger partial charge < -0.3 is 19.7 Å². The molecule has 0 fully saturated rings. The molecule has 0 aliphatic carbocycles. The molecule has 4 aromatic heterocycles. The molecule has 0 saturated carbocycles. The molecule has 5 heterocycles. The van der Waals surface area contributed by atoms with Crippen LogP contribution in [0, 0.1) is 5.82 Å². The Kier molecular flexibility index (Phi) is 6.76. The van der Waals surface area contributed by atoms with Crippen LogP contribution in [0.15, 0.2) is 48.9 Å². The summed E-state index contributed by atoms with van der Waals surface area (Å²) in [6, 6.07) is 8.35. The molecule has 1 aliphatic heterocycles. The van der Waals surface area contributed by atoms with E-state index in [-0.39, 0.29) is 6.04 Å². The van der Waals surface area contributed by atoms with Crippen molar-refractivity contribution in [2.75, 3.05) is 39.2 Å². The van der Waals surface area contributed by atoms with Crippen molar-refractivity contribution in [2.24, 2.45) is 7.05 Å². The number of pyridine rings is 1. The summed E-state index contributed by atoms with van der Waals surface area (Å²) in [5.41, 5.74) is 2.80. The standard InChI is InChI=1S/C28H30FN9O2/c1-17-6-9-40-28-22(16-32-37(28)4)27-30-7-5-24(34-27)33-25-14-23-21(15-31-25)26(35-38(17)23)18-11-19(29)13-20(12-18)39-10-8-36(2)3/h5,7,11-17H,6,8-10H2,1-4H3,(H,30,31,33,34)/t17-/m0/s1. The first-order valence-electron chi connectivity index (χ1n) is 13.1. The number of likely N-dealkylation sites (N-methyl/N-ethyl adjacent to an activating group) is 1. The predicted molar refractivity (Wildman–Crippen MR) is 149 cm³/mol. The van der Waals surface area contributed by atoms with Gasteiger partial charge >= 0.3 is 0 Å². The van der Waals surface area contributed by atoms with Crippen LogP contribution >= 0.6 is 0 Å². The molecule has 206 valence electrons. The Bertz CT molecular complexity index is 1680. The van der Waals surface area contributed by atoms with Gasteiger partial charge in [-0.05, 0) is 39.2 Å². The molecule has 0 radical (unpaired) electrons. The van der Waals surface area contributed by atoms with Crippen molar-refractivity contribution >= 4 is 22.5 Å². The monoisotopic (exact) mass is 543 g/mol. The summed E-state index contributed by atoms with van der Waals surface area (Å²) in [6.07, 6.45) is 5.79. The van der Waals surface area contributed by atoms with E-state index in [1.165, 1.54) is 12.1 Å². The van der Waals surface area contributed by atoms with Gasteiger partial charge in [-0.25, -0.2) is 24.0 Å². The number of nitrogens with zero attached hydrogens (tertiary/aromatic N) is 8. The van der Waals surface area contributed by atoms with Crippen molar-refractivity contribution in [2.45, 2.75) is 19.4 Å². The minimum Gasteiger partial charge on any atom is -0.492 e. The lowest BCUT2D eigenvalue weighted by molar-refractivity contribution is 0.260. The zero-order valence-electron chi connectivity index (χ0n) is 22.8. The van der Waals surface area contributed by atoms with Gasteiger partial charge in [0, 0.05) is 55.5 Å². The smallest absolute Gasteiger partial charge is 0.222 e. The van der Waals surface area contributed by atoms with Crippen molar-refractivity contribution in [1.29, 1.82) is 0 Å². The van der Waals surface area contributed by atoms with Crippen LogP contribution in [0.3, 0.4) is 0 Å². The van der Waals surface area contributed by atoms with E-state index in [0.29, 0.717) is 65.5 Å². The molecule has 5 aromatic rings. The molecule has 40 heavy (non-hydrogen) atoms. The molecule has 1 N–H and O–H groups in total. The van der Waals surface area contributed by atoms with Gasteiger partial charge in [-0.15, -0.1) is 0 Å². The Labute approximate surface area is 230 Å². The number of fused-ring (bicyclic) bond motifs is 5. The van der Waals surface area contributed by atoms with Gasteiger partial charge in [-0.3, -0.25) is 4.68 Å². The first kappa shape index (κ1) is 25.7.